The van der Waals surface area contributed by atoms with E-state index in [2.05, 4.69) is 0 Å². The molecule has 2 N–H and O–H groups in total. The van der Waals surface area contributed by atoms with E-state index in [-0.39, 0.29) is 11.3 Å². The summed E-state index contributed by atoms with van der Waals surface area (Å²) in [5.74, 6) is -3.60. The van der Waals surface area contributed by atoms with Crippen molar-refractivity contribution in [3.05, 3.63) is 71.7 Å². The Morgan fingerprint density at radius 1 is 1.13 bits per heavy atom. The second kappa shape index (κ2) is 7.52. The third-order valence-electron chi connectivity index (χ3n) is 5.03. The van der Waals surface area contributed by atoms with Gasteiger partial charge in [0.2, 0.25) is 0 Å². The van der Waals surface area contributed by atoms with E-state index >= 15 is 0 Å². The first-order chi connectivity index (χ1) is 14.8. The van der Waals surface area contributed by atoms with Crippen LogP contribution in [0.15, 0.2) is 60.3 Å². The lowest BCUT2D eigenvalue weighted by molar-refractivity contribution is -0.140. The molecule has 3 aromatic rings. The molecular weight excluding hydrogens is 405 g/mol. The van der Waals surface area contributed by atoms with Gasteiger partial charge in [0.25, 0.3) is 11.8 Å². The van der Waals surface area contributed by atoms with E-state index in [4.69, 9.17) is 0 Å². The number of nitrogens with zero attached hydrogens (tertiary/aromatic N) is 2. The van der Waals surface area contributed by atoms with Gasteiger partial charge in [0, 0.05) is 17.1 Å². The molecular formula is C22H16FN3O5. The zero-order valence-electron chi connectivity index (χ0n) is 16.2. The number of amides is 4. The number of benzene rings is 2. The summed E-state index contributed by atoms with van der Waals surface area (Å²) < 4.78 is 15.7. The quantitative estimate of drug-likeness (QED) is 0.497. The van der Waals surface area contributed by atoms with Crippen LogP contribution in [0.2, 0.25) is 0 Å². The lowest BCUT2D eigenvalue weighted by Crippen LogP contribution is -2.54. The average molecular weight is 421 g/mol. The van der Waals surface area contributed by atoms with E-state index in [0.29, 0.717) is 21.4 Å². The van der Waals surface area contributed by atoms with Gasteiger partial charge in [-0.1, -0.05) is 18.2 Å². The number of carbonyl (C=O) groups excluding carboxylic acids is 3. The second-order valence-electron chi connectivity index (χ2n) is 6.96. The molecule has 0 radical (unpaired) electrons. The fourth-order valence-electron chi connectivity index (χ4n) is 3.41. The number of aliphatic carboxylic acids is 1. The standard InChI is InChI=1S/C22H16FN3O5/c1-12(21(29)30)25-9-8-14-10-13(6-7-17(14)25)11-15-19(27)24-22(31)26(20(15)28)18-5-3-2-4-16(18)23/h2-12H,1H3,(H,29,30)(H,24,27,31)/b15-11+/t12-/m1/s1. The highest BCUT2D eigenvalue weighted by Gasteiger charge is 2.37. The number of anilines is 1. The molecule has 8 nitrogen and oxygen atoms in total. The summed E-state index contributed by atoms with van der Waals surface area (Å²) in [4.78, 5) is 49.2. The van der Waals surface area contributed by atoms with E-state index in [1.807, 2.05) is 5.32 Å². The van der Waals surface area contributed by atoms with Gasteiger partial charge in [0.15, 0.2) is 0 Å². The SMILES string of the molecule is C[C@H](C(=O)O)n1ccc2cc(/C=C3\C(=O)NC(=O)N(c4ccccc4F)C3=O)ccc21. The van der Waals surface area contributed by atoms with Gasteiger partial charge in [-0.05, 0) is 48.9 Å². The molecule has 0 unspecified atom stereocenters. The van der Waals surface area contributed by atoms with Crippen LogP contribution in [-0.4, -0.2) is 33.5 Å². The van der Waals surface area contributed by atoms with Gasteiger partial charge in [0.05, 0.1) is 5.69 Å². The number of barbiturate groups is 1. The van der Waals surface area contributed by atoms with Crippen molar-refractivity contribution in [3.8, 4) is 0 Å². The Hall–Kier alpha value is -4.27. The number of aromatic nitrogens is 1. The summed E-state index contributed by atoms with van der Waals surface area (Å²) in [5, 5.41) is 12.0. The van der Waals surface area contributed by atoms with Crippen molar-refractivity contribution < 1.29 is 28.7 Å². The number of carbonyl (C=O) groups is 4. The van der Waals surface area contributed by atoms with Crippen LogP contribution in [0.25, 0.3) is 17.0 Å². The first-order valence-electron chi connectivity index (χ1n) is 9.27. The maximum Gasteiger partial charge on any atom is 0.336 e. The molecule has 0 bridgehead atoms. The molecule has 2 heterocycles. The molecule has 1 aliphatic rings. The zero-order valence-corrected chi connectivity index (χ0v) is 16.2. The molecule has 2 aromatic carbocycles. The van der Waals surface area contributed by atoms with Gasteiger partial charge in [-0.2, -0.15) is 0 Å². The van der Waals surface area contributed by atoms with E-state index in [0.717, 1.165) is 6.07 Å². The van der Waals surface area contributed by atoms with Crippen LogP contribution in [0.5, 0.6) is 0 Å². The van der Waals surface area contributed by atoms with E-state index < -0.39 is 35.7 Å². The van der Waals surface area contributed by atoms with Gasteiger partial charge in [0.1, 0.15) is 17.4 Å². The van der Waals surface area contributed by atoms with Crippen LogP contribution in [0.4, 0.5) is 14.9 Å². The topological polar surface area (TPSA) is 109 Å². The number of hydrogen-bond acceptors (Lipinski definition) is 4. The second-order valence-corrected chi connectivity index (χ2v) is 6.96. The predicted octanol–water partition coefficient (Wildman–Crippen LogP) is 3.09. The Balaban J connectivity index is 1.73. The predicted molar refractivity (Wildman–Crippen MR) is 110 cm³/mol. The van der Waals surface area contributed by atoms with Crippen molar-refractivity contribution in [2.45, 2.75) is 13.0 Å². The Labute approximate surface area is 175 Å². The number of urea groups is 1. The summed E-state index contributed by atoms with van der Waals surface area (Å²) in [6.45, 7) is 1.55. The maximum absolute atomic E-state index is 14.1. The number of rotatable bonds is 4. The summed E-state index contributed by atoms with van der Waals surface area (Å²) in [6.07, 6.45) is 2.94. The minimum Gasteiger partial charge on any atom is -0.480 e. The third-order valence-corrected chi connectivity index (χ3v) is 5.03. The molecule has 0 saturated carbocycles. The van der Waals surface area contributed by atoms with Crippen LogP contribution in [0.3, 0.4) is 0 Å². The molecule has 0 aliphatic carbocycles. The average Bonchev–Trinajstić information content (AvgIpc) is 3.15. The third kappa shape index (κ3) is 3.46. The summed E-state index contributed by atoms with van der Waals surface area (Å²) in [6, 6.07) is 10.1. The zero-order chi connectivity index (χ0) is 22.3. The summed E-state index contributed by atoms with van der Waals surface area (Å²) in [5.41, 5.74) is 0.549. The smallest absolute Gasteiger partial charge is 0.336 e. The lowest BCUT2D eigenvalue weighted by Gasteiger charge is -2.26. The molecule has 1 saturated heterocycles. The molecule has 1 aliphatic heterocycles. The fourth-order valence-corrected chi connectivity index (χ4v) is 3.41. The highest BCUT2D eigenvalue weighted by molar-refractivity contribution is 6.39. The van der Waals surface area contributed by atoms with E-state index in [9.17, 15) is 28.7 Å². The Bertz CT molecular complexity index is 1290. The van der Waals surface area contributed by atoms with Crippen LogP contribution in [0.1, 0.15) is 18.5 Å². The molecule has 1 aromatic heterocycles. The number of para-hydroxylation sites is 1. The molecule has 4 rings (SSSR count). The fraction of sp³-hybridized carbons (Fsp3) is 0.0909. The van der Waals surface area contributed by atoms with Crippen LogP contribution < -0.4 is 10.2 Å². The maximum atomic E-state index is 14.1. The van der Waals surface area contributed by atoms with Crippen molar-refractivity contribution in [2.24, 2.45) is 0 Å². The van der Waals surface area contributed by atoms with E-state index in [1.54, 1.807) is 42.0 Å². The number of imide groups is 2. The molecule has 31 heavy (non-hydrogen) atoms. The molecule has 1 fully saturated rings. The van der Waals surface area contributed by atoms with Gasteiger partial charge >= 0.3 is 12.0 Å². The van der Waals surface area contributed by atoms with Crippen molar-refractivity contribution in [3.63, 3.8) is 0 Å². The molecule has 9 heteroatoms. The molecule has 0 spiro atoms. The summed E-state index contributed by atoms with van der Waals surface area (Å²) in [7, 11) is 0. The Morgan fingerprint density at radius 2 is 1.87 bits per heavy atom. The van der Waals surface area contributed by atoms with Crippen LogP contribution >= 0.6 is 0 Å². The number of carboxylic acids is 1. The number of fused-ring (bicyclic) bond motifs is 1. The Kier molecular flexibility index (Phi) is 4.86. The highest BCUT2D eigenvalue weighted by atomic mass is 19.1. The molecule has 156 valence electrons. The van der Waals surface area contributed by atoms with Gasteiger partial charge in [-0.3, -0.25) is 14.9 Å². The van der Waals surface area contributed by atoms with Crippen molar-refractivity contribution >= 4 is 46.5 Å². The van der Waals surface area contributed by atoms with Crippen LogP contribution in [-0.2, 0) is 14.4 Å². The molecule has 4 amide bonds. The van der Waals surface area contributed by atoms with Gasteiger partial charge in [-0.25, -0.2) is 18.9 Å². The first kappa shape index (κ1) is 20.0. The van der Waals surface area contributed by atoms with Crippen LogP contribution in [0, 0.1) is 5.82 Å². The minimum absolute atomic E-state index is 0.265. The largest absolute Gasteiger partial charge is 0.480 e. The number of hydrogen-bond donors (Lipinski definition) is 2. The number of nitrogens with one attached hydrogen (secondary N) is 1. The van der Waals surface area contributed by atoms with Crippen molar-refractivity contribution in [1.29, 1.82) is 0 Å². The normalized spacial score (nSPS) is 16.6. The molecule has 1 atom stereocenters. The number of halogens is 1. The first-order valence-corrected chi connectivity index (χ1v) is 9.27. The van der Waals surface area contributed by atoms with Gasteiger partial charge < -0.3 is 9.67 Å². The summed E-state index contributed by atoms with van der Waals surface area (Å²) >= 11 is 0. The van der Waals surface area contributed by atoms with E-state index in [1.165, 1.54) is 24.3 Å². The monoisotopic (exact) mass is 421 g/mol. The number of carboxylic acid groups (broad SMARTS) is 1. The lowest BCUT2D eigenvalue weighted by atomic mass is 10.1. The van der Waals surface area contributed by atoms with Crippen molar-refractivity contribution in [1.82, 2.24) is 9.88 Å². The highest BCUT2D eigenvalue weighted by Crippen LogP contribution is 2.26. The Morgan fingerprint density at radius 3 is 2.58 bits per heavy atom. The van der Waals surface area contributed by atoms with Crippen molar-refractivity contribution in [2.75, 3.05) is 4.90 Å². The minimum atomic E-state index is -1.03. The van der Waals surface area contributed by atoms with Gasteiger partial charge in [-0.15, -0.1) is 0 Å².